The quantitative estimate of drug-likeness (QED) is 0.441. The van der Waals surface area contributed by atoms with Crippen LogP contribution < -0.4 is 5.32 Å². The van der Waals surface area contributed by atoms with E-state index < -0.39 is 21.7 Å². The number of hydrogen-bond donors (Lipinski definition) is 1. The highest BCUT2D eigenvalue weighted by molar-refractivity contribution is 9.10. The zero-order chi connectivity index (χ0) is 20.1. The fraction of sp³-hybridized carbons (Fsp3) is 0.500. The highest BCUT2D eigenvalue weighted by Crippen LogP contribution is 2.59. The van der Waals surface area contributed by atoms with Crippen LogP contribution >= 0.6 is 15.9 Å². The van der Waals surface area contributed by atoms with Crippen LogP contribution in [0.4, 0.5) is 11.4 Å². The molecule has 144 valence electrons. The Morgan fingerprint density at radius 1 is 1.37 bits per heavy atom. The molecule has 1 saturated heterocycles. The SMILES string of the molecule is CC12CCC(C(=O)N(CC(=O)Nc3ccc([N+](=O)[O-])cc3Br)C1=O)C2(C)C. The number of nitro groups is 1. The molecule has 0 radical (unpaired) electrons. The van der Waals surface area contributed by atoms with E-state index in [9.17, 15) is 24.5 Å². The Labute approximate surface area is 164 Å². The van der Waals surface area contributed by atoms with Crippen molar-refractivity contribution in [2.45, 2.75) is 33.6 Å². The predicted molar refractivity (Wildman–Crippen MR) is 101 cm³/mol. The normalized spacial score (nSPS) is 26.2. The lowest BCUT2D eigenvalue weighted by atomic mass is 9.62. The number of hydrogen-bond acceptors (Lipinski definition) is 5. The minimum Gasteiger partial charge on any atom is -0.323 e. The van der Waals surface area contributed by atoms with Gasteiger partial charge in [0.1, 0.15) is 6.54 Å². The molecule has 2 unspecified atom stereocenters. The van der Waals surface area contributed by atoms with Crippen molar-refractivity contribution in [3.05, 3.63) is 32.8 Å². The molecule has 8 nitrogen and oxygen atoms in total. The van der Waals surface area contributed by atoms with E-state index in [0.29, 0.717) is 23.0 Å². The minimum atomic E-state index is -0.667. The summed E-state index contributed by atoms with van der Waals surface area (Å²) >= 11 is 3.18. The number of amides is 3. The molecule has 1 N–H and O–H groups in total. The van der Waals surface area contributed by atoms with Gasteiger partial charge in [-0.15, -0.1) is 0 Å². The largest absolute Gasteiger partial charge is 0.323 e. The number of halogens is 1. The Hall–Kier alpha value is -2.29. The Balaban J connectivity index is 1.76. The maximum absolute atomic E-state index is 12.9. The number of carbonyl (C=O) groups excluding carboxylic acids is 3. The lowest BCUT2D eigenvalue weighted by Gasteiger charge is -2.47. The van der Waals surface area contributed by atoms with Gasteiger partial charge in [-0.1, -0.05) is 20.8 Å². The summed E-state index contributed by atoms with van der Waals surface area (Å²) in [4.78, 5) is 49.4. The van der Waals surface area contributed by atoms with Gasteiger partial charge in [-0.05, 0) is 40.3 Å². The van der Waals surface area contributed by atoms with Crippen LogP contribution in [0.5, 0.6) is 0 Å². The van der Waals surface area contributed by atoms with E-state index in [2.05, 4.69) is 21.2 Å². The summed E-state index contributed by atoms with van der Waals surface area (Å²) in [6, 6.07) is 3.94. The average molecular weight is 438 g/mol. The van der Waals surface area contributed by atoms with Crippen LogP contribution in [0.15, 0.2) is 22.7 Å². The summed E-state index contributed by atoms with van der Waals surface area (Å²) in [5.74, 6) is -1.44. The Morgan fingerprint density at radius 2 is 2.04 bits per heavy atom. The summed E-state index contributed by atoms with van der Waals surface area (Å²) in [6.45, 7) is 5.36. The molecule has 2 fully saturated rings. The van der Waals surface area contributed by atoms with E-state index in [1.807, 2.05) is 20.8 Å². The van der Waals surface area contributed by atoms with Gasteiger partial charge in [0.15, 0.2) is 0 Å². The van der Waals surface area contributed by atoms with Crippen molar-refractivity contribution in [3.63, 3.8) is 0 Å². The lowest BCUT2D eigenvalue weighted by Crippen LogP contribution is -2.60. The molecule has 1 aromatic carbocycles. The number of anilines is 1. The Kier molecular flexibility index (Phi) is 4.62. The summed E-state index contributed by atoms with van der Waals surface area (Å²) in [6.07, 6.45) is 1.27. The molecule has 1 heterocycles. The van der Waals surface area contributed by atoms with Crippen molar-refractivity contribution in [1.82, 2.24) is 4.90 Å². The first kappa shape index (κ1) is 19.5. The van der Waals surface area contributed by atoms with Crippen LogP contribution in [-0.2, 0) is 14.4 Å². The second-order valence-corrected chi connectivity index (χ2v) is 8.70. The molecular weight excluding hydrogens is 418 g/mol. The molecule has 2 atom stereocenters. The third kappa shape index (κ3) is 2.93. The molecule has 27 heavy (non-hydrogen) atoms. The van der Waals surface area contributed by atoms with E-state index in [0.717, 1.165) is 4.90 Å². The van der Waals surface area contributed by atoms with Crippen LogP contribution in [0.1, 0.15) is 33.6 Å². The number of piperidine rings is 1. The fourth-order valence-corrected chi connectivity index (χ4v) is 4.57. The van der Waals surface area contributed by atoms with E-state index in [4.69, 9.17) is 0 Å². The number of likely N-dealkylation sites (tertiary alicyclic amines) is 1. The van der Waals surface area contributed by atoms with Gasteiger partial charge in [0.2, 0.25) is 17.7 Å². The number of nitrogens with one attached hydrogen (secondary N) is 1. The van der Waals surface area contributed by atoms with E-state index in [1.54, 1.807) is 0 Å². The van der Waals surface area contributed by atoms with Crippen molar-refractivity contribution >= 4 is 45.0 Å². The standard InChI is InChI=1S/C18H20BrN3O5/c1-17(2)11-6-7-18(17,3)16(25)21(15(11)24)9-14(23)20-13-5-4-10(22(26)27)8-12(13)19/h4-5,8,11H,6-7,9H2,1-3H3,(H,20,23). The minimum absolute atomic E-state index is 0.118. The van der Waals surface area contributed by atoms with Crippen molar-refractivity contribution in [2.75, 3.05) is 11.9 Å². The summed E-state index contributed by atoms with van der Waals surface area (Å²) < 4.78 is 0.342. The van der Waals surface area contributed by atoms with E-state index in [1.165, 1.54) is 18.2 Å². The van der Waals surface area contributed by atoms with Crippen LogP contribution in [0.2, 0.25) is 0 Å². The number of carbonyl (C=O) groups is 3. The van der Waals surface area contributed by atoms with Crippen LogP contribution in [0, 0.1) is 26.9 Å². The molecule has 1 aliphatic carbocycles. The lowest BCUT2D eigenvalue weighted by molar-refractivity contribution is -0.384. The smallest absolute Gasteiger partial charge is 0.270 e. The molecule has 2 aliphatic rings. The zero-order valence-electron chi connectivity index (χ0n) is 15.2. The highest BCUT2D eigenvalue weighted by atomic mass is 79.9. The van der Waals surface area contributed by atoms with Crippen molar-refractivity contribution in [3.8, 4) is 0 Å². The Bertz CT molecular complexity index is 869. The molecular formula is C18H20BrN3O5. The van der Waals surface area contributed by atoms with Crippen LogP contribution in [0.25, 0.3) is 0 Å². The topological polar surface area (TPSA) is 110 Å². The number of rotatable bonds is 4. The number of non-ortho nitro benzene ring substituents is 1. The second kappa shape index (κ2) is 6.40. The van der Waals surface area contributed by atoms with Crippen molar-refractivity contribution < 1.29 is 19.3 Å². The maximum atomic E-state index is 12.9. The number of nitro benzene ring substituents is 1. The van der Waals surface area contributed by atoms with Gasteiger partial charge in [-0.25, -0.2) is 0 Å². The van der Waals surface area contributed by atoms with E-state index >= 15 is 0 Å². The summed E-state index contributed by atoms with van der Waals surface area (Å²) in [5, 5.41) is 13.4. The first-order chi connectivity index (χ1) is 12.5. The van der Waals surface area contributed by atoms with Crippen molar-refractivity contribution in [2.24, 2.45) is 16.7 Å². The molecule has 2 bridgehead atoms. The second-order valence-electron chi connectivity index (χ2n) is 7.84. The number of imide groups is 1. The third-order valence-electron chi connectivity index (χ3n) is 6.25. The van der Waals surface area contributed by atoms with Gasteiger partial charge in [-0.2, -0.15) is 0 Å². The van der Waals surface area contributed by atoms with Crippen LogP contribution in [-0.4, -0.2) is 34.1 Å². The highest BCUT2D eigenvalue weighted by Gasteiger charge is 2.64. The molecule has 3 amide bonds. The monoisotopic (exact) mass is 437 g/mol. The molecule has 1 aromatic rings. The third-order valence-corrected chi connectivity index (χ3v) is 6.90. The molecule has 3 rings (SSSR count). The van der Waals surface area contributed by atoms with Gasteiger partial charge >= 0.3 is 0 Å². The van der Waals surface area contributed by atoms with Gasteiger partial charge < -0.3 is 5.32 Å². The van der Waals surface area contributed by atoms with Gasteiger partial charge in [-0.3, -0.25) is 29.4 Å². The molecule has 1 aliphatic heterocycles. The Morgan fingerprint density at radius 3 is 2.63 bits per heavy atom. The summed E-state index contributed by atoms with van der Waals surface area (Å²) in [5.41, 5.74) is -0.889. The zero-order valence-corrected chi connectivity index (χ0v) is 16.8. The number of fused-ring (bicyclic) bond motifs is 2. The van der Waals surface area contributed by atoms with Gasteiger partial charge in [0.25, 0.3) is 5.69 Å². The molecule has 0 spiro atoms. The van der Waals surface area contributed by atoms with Gasteiger partial charge in [0, 0.05) is 22.5 Å². The summed E-state index contributed by atoms with van der Waals surface area (Å²) in [7, 11) is 0. The van der Waals surface area contributed by atoms with E-state index in [-0.39, 0.29) is 30.0 Å². The maximum Gasteiger partial charge on any atom is 0.270 e. The van der Waals surface area contributed by atoms with Gasteiger partial charge in [0.05, 0.1) is 16.0 Å². The molecule has 9 heteroatoms. The molecule has 0 aromatic heterocycles. The average Bonchev–Trinajstić information content (AvgIpc) is 2.77. The fourth-order valence-electron chi connectivity index (χ4n) is 4.10. The predicted octanol–water partition coefficient (Wildman–Crippen LogP) is 3.11. The number of benzene rings is 1. The first-order valence-corrected chi connectivity index (χ1v) is 9.38. The van der Waals surface area contributed by atoms with Crippen molar-refractivity contribution in [1.29, 1.82) is 0 Å². The number of nitrogens with zero attached hydrogens (tertiary/aromatic N) is 2. The molecule has 1 saturated carbocycles. The van der Waals surface area contributed by atoms with Crippen LogP contribution in [0.3, 0.4) is 0 Å². The first-order valence-electron chi connectivity index (χ1n) is 8.58.